The molecule has 0 aromatic rings. The average Bonchev–Trinajstić information content (AvgIpc) is 2.34. The Morgan fingerprint density at radius 2 is 2.06 bits per heavy atom. The molecule has 2 N–H and O–H groups in total. The second kappa shape index (κ2) is 9.82. The van der Waals surface area contributed by atoms with Crippen molar-refractivity contribution in [2.75, 3.05) is 32.8 Å². The van der Waals surface area contributed by atoms with E-state index in [2.05, 4.69) is 17.2 Å². The first-order valence-corrected chi connectivity index (χ1v) is 6.57. The maximum absolute atomic E-state index is 5.83. The van der Waals surface area contributed by atoms with Gasteiger partial charge in [0.15, 0.2) is 0 Å². The molecule has 3 heteroatoms. The van der Waals surface area contributed by atoms with Crippen LogP contribution in [0.25, 0.3) is 0 Å². The predicted octanol–water partition coefficient (Wildman–Crippen LogP) is 1.70. The summed E-state index contributed by atoms with van der Waals surface area (Å²) < 4.78 is 5.83. The Morgan fingerprint density at radius 3 is 2.81 bits per heavy atom. The van der Waals surface area contributed by atoms with Gasteiger partial charge in [-0.2, -0.15) is 0 Å². The molecule has 1 aliphatic heterocycles. The summed E-state index contributed by atoms with van der Waals surface area (Å²) in [4.78, 5) is 0. The largest absolute Gasteiger partial charge is 0.378 e. The molecule has 1 heterocycles. The molecule has 3 nitrogen and oxygen atoms in total. The van der Waals surface area contributed by atoms with Crippen LogP contribution in [-0.2, 0) is 4.74 Å². The summed E-state index contributed by atoms with van der Waals surface area (Å²) in [5.74, 6) is 0. The number of unbranched alkanes of at least 4 members (excludes halogenated alkanes) is 1. The Balaban J connectivity index is 1.78. The molecule has 0 unspecified atom stereocenters. The SMILES string of the molecule is C=CCCNCCCCOC1CCNCC1. The van der Waals surface area contributed by atoms with Crippen molar-refractivity contribution < 1.29 is 4.74 Å². The third-order valence-electron chi connectivity index (χ3n) is 2.91. The quantitative estimate of drug-likeness (QED) is 0.464. The van der Waals surface area contributed by atoms with Crippen LogP contribution in [0.15, 0.2) is 12.7 Å². The zero-order chi connectivity index (χ0) is 11.5. The summed E-state index contributed by atoms with van der Waals surface area (Å²) in [6, 6.07) is 0. The van der Waals surface area contributed by atoms with E-state index in [1.807, 2.05) is 6.08 Å². The van der Waals surface area contributed by atoms with Crippen molar-refractivity contribution in [2.45, 2.75) is 38.2 Å². The number of nitrogens with one attached hydrogen (secondary N) is 2. The van der Waals surface area contributed by atoms with Crippen molar-refractivity contribution in [1.29, 1.82) is 0 Å². The highest BCUT2D eigenvalue weighted by Crippen LogP contribution is 2.07. The van der Waals surface area contributed by atoms with Gasteiger partial charge in [0.2, 0.25) is 0 Å². The van der Waals surface area contributed by atoms with Gasteiger partial charge >= 0.3 is 0 Å². The molecule has 94 valence electrons. The molecule has 1 fully saturated rings. The zero-order valence-corrected chi connectivity index (χ0v) is 10.3. The van der Waals surface area contributed by atoms with Gasteiger partial charge in [0.05, 0.1) is 6.10 Å². The van der Waals surface area contributed by atoms with Crippen LogP contribution in [0.4, 0.5) is 0 Å². The van der Waals surface area contributed by atoms with E-state index in [-0.39, 0.29) is 0 Å². The van der Waals surface area contributed by atoms with E-state index in [1.165, 1.54) is 25.7 Å². The molecule has 1 aliphatic rings. The van der Waals surface area contributed by atoms with Crippen molar-refractivity contribution in [2.24, 2.45) is 0 Å². The van der Waals surface area contributed by atoms with E-state index in [1.54, 1.807) is 0 Å². The third kappa shape index (κ3) is 6.99. The lowest BCUT2D eigenvalue weighted by Crippen LogP contribution is -2.32. The highest BCUT2D eigenvalue weighted by atomic mass is 16.5. The Labute approximate surface area is 99.6 Å². The predicted molar refractivity (Wildman–Crippen MR) is 68.8 cm³/mol. The Kier molecular flexibility index (Phi) is 8.40. The molecule has 1 saturated heterocycles. The van der Waals surface area contributed by atoms with Crippen molar-refractivity contribution in [3.63, 3.8) is 0 Å². The van der Waals surface area contributed by atoms with Crippen LogP contribution in [0.5, 0.6) is 0 Å². The van der Waals surface area contributed by atoms with Crippen molar-refractivity contribution in [1.82, 2.24) is 10.6 Å². The molecule has 1 rings (SSSR count). The first-order valence-electron chi connectivity index (χ1n) is 6.57. The Bertz CT molecular complexity index is 167. The number of hydrogen-bond acceptors (Lipinski definition) is 3. The van der Waals surface area contributed by atoms with E-state index in [9.17, 15) is 0 Å². The maximum Gasteiger partial charge on any atom is 0.0599 e. The van der Waals surface area contributed by atoms with E-state index in [0.717, 1.165) is 39.2 Å². The van der Waals surface area contributed by atoms with Crippen LogP contribution in [0.1, 0.15) is 32.1 Å². The van der Waals surface area contributed by atoms with Gasteiger partial charge in [0.25, 0.3) is 0 Å². The fourth-order valence-corrected chi connectivity index (χ4v) is 1.89. The van der Waals surface area contributed by atoms with Gasteiger partial charge in [0.1, 0.15) is 0 Å². The molecule has 0 aliphatic carbocycles. The molecule has 0 bridgehead atoms. The number of hydrogen-bond donors (Lipinski definition) is 2. The minimum Gasteiger partial charge on any atom is -0.378 e. The summed E-state index contributed by atoms with van der Waals surface area (Å²) in [6.45, 7) is 9.01. The smallest absolute Gasteiger partial charge is 0.0599 e. The Morgan fingerprint density at radius 1 is 1.25 bits per heavy atom. The van der Waals surface area contributed by atoms with Crippen LogP contribution in [0.3, 0.4) is 0 Å². The fraction of sp³-hybridized carbons (Fsp3) is 0.846. The highest BCUT2D eigenvalue weighted by molar-refractivity contribution is 4.68. The topological polar surface area (TPSA) is 33.3 Å². The summed E-state index contributed by atoms with van der Waals surface area (Å²) in [6.07, 6.45) is 8.26. The van der Waals surface area contributed by atoms with Gasteiger partial charge in [-0.25, -0.2) is 0 Å². The molecule has 0 spiro atoms. The summed E-state index contributed by atoms with van der Waals surface area (Å²) >= 11 is 0. The van der Waals surface area contributed by atoms with E-state index >= 15 is 0 Å². The molecule has 0 aromatic heterocycles. The first kappa shape index (κ1) is 13.7. The summed E-state index contributed by atoms with van der Waals surface area (Å²) in [5, 5.41) is 6.73. The summed E-state index contributed by atoms with van der Waals surface area (Å²) in [7, 11) is 0. The monoisotopic (exact) mass is 226 g/mol. The van der Waals surface area contributed by atoms with Crippen molar-refractivity contribution in [3.05, 3.63) is 12.7 Å². The van der Waals surface area contributed by atoms with E-state index in [0.29, 0.717) is 6.10 Å². The molecular weight excluding hydrogens is 200 g/mol. The lowest BCUT2D eigenvalue weighted by Gasteiger charge is -2.22. The highest BCUT2D eigenvalue weighted by Gasteiger charge is 2.12. The molecule has 0 saturated carbocycles. The van der Waals surface area contributed by atoms with Crippen molar-refractivity contribution in [3.8, 4) is 0 Å². The van der Waals surface area contributed by atoms with Crippen LogP contribution < -0.4 is 10.6 Å². The lowest BCUT2D eigenvalue weighted by molar-refractivity contribution is 0.0310. The zero-order valence-electron chi connectivity index (χ0n) is 10.3. The Hall–Kier alpha value is -0.380. The second-order valence-corrected chi connectivity index (χ2v) is 4.35. The first-order chi connectivity index (χ1) is 7.93. The standard InChI is InChI=1S/C13H26N2O/c1-2-3-8-14-9-4-5-12-16-13-6-10-15-11-7-13/h2,13-15H,1,3-12H2. The van der Waals surface area contributed by atoms with Gasteiger partial charge in [0, 0.05) is 6.61 Å². The number of ether oxygens (including phenoxy) is 1. The summed E-state index contributed by atoms with van der Waals surface area (Å²) in [5.41, 5.74) is 0. The molecule has 0 atom stereocenters. The van der Waals surface area contributed by atoms with Gasteiger partial charge in [-0.3, -0.25) is 0 Å². The molecule has 0 aromatic carbocycles. The van der Waals surface area contributed by atoms with Gasteiger partial charge in [-0.15, -0.1) is 6.58 Å². The van der Waals surface area contributed by atoms with Gasteiger partial charge in [-0.1, -0.05) is 6.08 Å². The van der Waals surface area contributed by atoms with E-state index in [4.69, 9.17) is 4.74 Å². The molecule has 16 heavy (non-hydrogen) atoms. The van der Waals surface area contributed by atoms with E-state index < -0.39 is 0 Å². The minimum absolute atomic E-state index is 0.509. The molecular formula is C13H26N2O. The number of rotatable bonds is 9. The minimum atomic E-state index is 0.509. The third-order valence-corrected chi connectivity index (χ3v) is 2.91. The van der Waals surface area contributed by atoms with Crippen LogP contribution in [-0.4, -0.2) is 38.9 Å². The number of piperidine rings is 1. The van der Waals surface area contributed by atoms with Crippen LogP contribution >= 0.6 is 0 Å². The second-order valence-electron chi connectivity index (χ2n) is 4.35. The molecule has 0 radical (unpaired) electrons. The van der Waals surface area contributed by atoms with Gasteiger partial charge in [-0.05, 0) is 58.3 Å². The lowest BCUT2D eigenvalue weighted by atomic mass is 10.1. The van der Waals surface area contributed by atoms with Gasteiger partial charge < -0.3 is 15.4 Å². The normalized spacial score (nSPS) is 17.5. The van der Waals surface area contributed by atoms with Crippen LogP contribution in [0.2, 0.25) is 0 Å². The molecule has 0 amide bonds. The average molecular weight is 226 g/mol. The maximum atomic E-state index is 5.83. The fourth-order valence-electron chi connectivity index (χ4n) is 1.89. The van der Waals surface area contributed by atoms with Crippen LogP contribution in [0, 0.1) is 0 Å². The van der Waals surface area contributed by atoms with Crippen molar-refractivity contribution >= 4 is 0 Å².